The second-order valence-corrected chi connectivity index (χ2v) is 9.73. The molecule has 8 nitrogen and oxygen atoms in total. The smallest absolute Gasteiger partial charge is 0.345 e. The highest BCUT2D eigenvalue weighted by molar-refractivity contribution is 7.56. The first-order valence-electron chi connectivity index (χ1n) is 9.20. The van der Waals surface area contributed by atoms with Crippen molar-refractivity contribution in [2.45, 2.75) is 32.5 Å². The number of nitrogens with one attached hydrogen (secondary N) is 1. The fourth-order valence-electron chi connectivity index (χ4n) is 2.61. The molecule has 0 saturated carbocycles. The van der Waals surface area contributed by atoms with E-state index in [9.17, 15) is 14.2 Å². The fourth-order valence-corrected chi connectivity index (χ4v) is 5.49. The van der Waals surface area contributed by atoms with Crippen molar-refractivity contribution in [1.82, 2.24) is 5.09 Å². The predicted octanol–water partition coefficient (Wildman–Crippen LogP) is 3.89. The molecule has 29 heavy (non-hydrogen) atoms. The van der Waals surface area contributed by atoms with E-state index < -0.39 is 25.5 Å². The number of aromatic carboxylic acids is 1. The van der Waals surface area contributed by atoms with Crippen molar-refractivity contribution in [2.75, 3.05) is 26.9 Å². The molecule has 2 rings (SSSR count). The molecule has 0 spiro atoms. The number of carbonyl (C=O) groups excluding carboxylic acids is 1. The first-order chi connectivity index (χ1) is 13.8. The van der Waals surface area contributed by atoms with E-state index in [1.54, 1.807) is 31.2 Å². The molecule has 0 radical (unpaired) electrons. The van der Waals surface area contributed by atoms with Crippen LogP contribution in [0.25, 0.3) is 10.1 Å². The maximum atomic E-state index is 13.4. The lowest BCUT2D eigenvalue weighted by Gasteiger charge is -2.23. The van der Waals surface area contributed by atoms with E-state index in [-0.39, 0.29) is 24.3 Å². The summed E-state index contributed by atoms with van der Waals surface area (Å²) in [7, 11) is -1.94. The largest absolute Gasteiger partial charge is 0.477 e. The Hall–Kier alpha value is -1.77. The second-order valence-electron chi connectivity index (χ2n) is 6.46. The van der Waals surface area contributed by atoms with Gasteiger partial charge in [0.05, 0.1) is 26.0 Å². The second kappa shape index (κ2) is 10.8. The number of carboxylic acids is 1. The van der Waals surface area contributed by atoms with Crippen molar-refractivity contribution < 1.29 is 33.3 Å². The topological polar surface area (TPSA) is 111 Å². The summed E-state index contributed by atoms with van der Waals surface area (Å²) in [4.78, 5) is 23.5. The molecular formula is C19H26NO7PS. The Kier molecular flexibility index (Phi) is 8.79. The van der Waals surface area contributed by atoms with E-state index in [0.717, 1.165) is 10.1 Å². The molecule has 0 amide bonds. The Morgan fingerprint density at radius 2 is 2.00 bits per heavy atom. The fraction of sp³-hybridized carbons (Fsp3) is 0.474. The van der Waals surface area contributed by atoms with E-state index >= 15 is 0 Å². The zero-order chi connectivity index (χ0) is 21.4. The SMILES string of the molecule is CCCOC(=O)C(C)NP(=O)(Cc1ccc2sc(C(=O)O)cc2c1)OCCOC. The Morgan fingerprint density at radius 3 is 2.66 bits per heavy atom. The van der Waals surface area contributed by atoms with Crippen LogP contribution in [-0.4, -0.2) is 50.0 Å². The Labute approximate surface area is 173 Å². The van der Waals surface area contributed by atoms with Crippen molar-refractivity contribution >= 4 is 40.9 Å². The van der Waals surface area contributed by atoms with Crippen molar-refractivity contribution in [3.63, 3.8) is 0 Å². The van der Waals surface area contributed by atoms with Crippen LogP contribution >= 0.6 is 18.9 Å². The van der Waals surface area contributed by atoms with Gasteiger partial charge in [-0.3, -0.25) is 9.36 Å². The van der Waals surface area contributed by atoms with Gasteiger partial charge in [-0.25, -0.2) is 9.88 Å². The molecule has 2 atom stereocenters. The van der Waals surface area contributed by atoms with Crippen molar-refractivity contribution in [1.29, 1.82) is 0 Å². The molecule has 10 heteroatoms. The molecule has 0 aliphatic heterocycles. The standard InChI is InChI=1S/C19H26NO7PS/c1-4-7-26-19(23)13(2)20-28(24,27-9-8-25-3)12-14-5-6-16-15(10-14)11-17(29-16)18(21)22/h5-6,10-11,13H,4,7-9,12H2,1-3H3,(H,20,24)(H,21,22). The minimum absolute atomic E-state index is 0.0380. The van der Waals surface area contributed by atoms with Gasteiger partial charge in [-0.2, -0.15) is 0 Å². The van der Waals surface area contributed by atoms with Gasteiger partial charge in [0.25, 0.3) is 7.52 Å². The molecule has 2 unspecified atom stereocenters. The van der Waals surface area contributed by atoms with Gasteiger partial charge in [0, 0.05) is 11.8 Å². The van der Waals surface area contributed by atoms with Crippen LogP contribution in [0.4, 0.5) is 0 Å². The number of carboxylic acid groups (broad SMARTS) is 1. The number of thiophene rings is 1. The van der Waals surface area contributed by atoms with Gasteiger partial charge in [0.2, 0.25) is 0 Å². The summed E-state index contributed by atoms with van der Waals surface area (Å²) in [6.07, 6.45) is 0.732. The summed E-state index contributed by atoms with van der Waals surface area (Å²) in [5.41, 5.74) is 0.703. The van der Waals surface area contributed by atoms with E-state index in [4.69, 9.17) is 19.1 Å². The molecule has 1 aromatic carbocycles. The van der Waals surface area contributed by atoms with Crippen LogP contribution in [0.15, 0.2) is 24.3 Å². The molecule has 0 saturated heterocycles. The number of esters is 1. The third-order valence-electron chi connectivity index (χ3n) is 3.96. The molecule has 2 aromatic rings. The van der Waals surface area contributed by atoms with Crippen molar-refractivity contribution in [3.05, 3.63) is 34.7 Å². The molecule has 0 aliphatic carbocycles. The minimum Gasteiger partial charge on any atom is -0.477 e. The van der Waals surface area contributed by atoms with Crippen LogP contribution in [0.2, 0.25) is 0 Å². The van der Waals surface area contributed by atoms with Gasteiger partial charge in [-0.15, -0.1) is 11.3 Å². The van der Waals surface area contributed by atoms with Gasteiger partial charge in [-0.05, 0) is 42.5 Å². The normalized spacial score (nSPS) is 14.4. The maximum absolute atomic E-state index is 13.4. The van der Waals surface area contributed by atoms with Crippen LogP contribution in [0.3, 0.4) is 0 Å². The molecule has 1 heterocycles. The van der Waals surface area contributed by atoms with E-state index in [1.165, 1.54) is 18.4 Å². The average molecular weight is 443 g/mol. The summed E-state index contributed by atoms with van der Waals surface area (Å²) in [5.74, 6) is -1.48. The van der Waals surface area contributed by atoms with Crippen LogP contribution in [0.5, 0.6) is 0 Å². The number of hydrogen-bond donors (Lipinski definition) is 2. The molecule has 1 aromatic heterocycles. The lowest BCUT2D eigenvalue weighted by Crippen LogP contribution is -2.34. The molecule has 2 N–H and O–H groups in total. The van der Waals surface area contributed by atoms with Crippen LogP contribution in [-0.2, 0) is 29.5 Å². The maximum Gasteiger partial charge on any atom is 0.345 e. The molecule has 0 fully saturated rings. The highest BCUT2D eigenvalue weighted by Crippen LogP contribution is 2.47. The summed E-state index contributed by atoms with van der Waals surface area (Å²) in [6.45, 7) is 4.11. The highest BCUT2D eigenvalue weighted by atomic mass is 32.1. The molecule has 0 aliphatic rings. The number of ether oxygens (including phenoxy) is 2. The van der Waals surface area contributed by atoms with Gasteiger partial charge in [0.1, 0.15) is 10.9 Å². The zero-order valence-electron chi connectivity index (χ0n) is 16.7. The van der Waals surface area contributed by atoms with E-state index in [1.807, 2.05) is 6.92 Å². The number of carbonyl (C=O) groups is 2. The first kappa shape index (κ1) is 23.5. The lowest BCUT2D eigenvalue weighted by molar-refractivity contribution is -0.145. The summed E-state index contributed by atoms with van der Waals surface area (Å²) in [6, 6.07) is 6.13. The Morgan fingerprint density at radius 1 is 1.24 bits per heavy atom. The Balaban J connectivity index is 2.20. The number of methoxy groups -OCH3 is 1. The predicted molar refractivity (Wildman–Crippen MR) is 112 cm³/mol. The van der Waals surface area contributed by atoms with Crippen LogP contribution in [0.1, 0.15) is 35.5 Å². The van der Waals surface area contributed by atoms with E-state index in [0.29, 0.717) is 18.6 Å². The molecule has 160 valence electrons. The minimum atomic E-state index is -3.45. The third-order valence-corrected chi connectivity index (χ3v) is 7.23. The van der Waals surface area contributed by atoms with Crippen LogP contribution < -0.4 is 5.09 Å². The summed E-state index contributed by atoms with van der Waals surface area (Å²) >= 11 is 1.18. The quantitative estimate of drug-likeness (QED) is 0.289. The van der Waals surface area contributed by atoms with Gasteiger partial charge < -0.3 is 19.1 Å². The number of hydrogen-bond acceptors (Lipinski definition) is 7. The summed E-state index contributed by atoms with van der Waals surface area (Å²) < 4.78 is 29.9. The number of rotatable bonds is 12. The third kappa shape index (κ3) is 6.90. The van der Waals surface area contributed by atoms with E-state index in [2.05, 4.69) is 5.09 Å². The van der Waals surface area contributed by atoms with Gasteiger partial charge in [-0.1, -0.05) is 13.0 Å². The zero-order valence-corrected chi connectivity index (χ0v) is 18.4. The molecule has 0 bridgehead atoms. The monoisotopic (exact) mass is 443 g/mol. The van der Waals surface area contributed by atoms with Crippen molar-refractivity contribution in [3.8, 4) is 0 Å². The number of benzene rings is 1. The highest BCUT2D eigenvalue weighted by Gasteiger charge is 2.29. The summed E-state index contributed by atoms with van der Waals surface area (Å²) in [5, 5.41) is 12.7. The lowest BCUT2D eigenvalue weighted by atomic mass is 10.2. The van der Waals surface area contributed by atoms with Gasteiger partial charge in [0.15, 0.2) is 0 Å². The average Bonchev–Trinajstić information content (AvgIpc) is 3.09. The number of fused-ring (bicyclic) bond motifs is 1. The first-order valence-corrected chi connectivity index (χ1v) is 11.8. The molecular weight excluding hydrogens is 417 g/mol. The van der Waals surface area contributed by atoms with Gasteiger partial charge >= 0.3 is 11.9 Å². The van der Waals surface area contributed by atoms with Crippen LogP contribution in [0, 0.1) is 0 Å². The van der Waals surface area contributed by atoms with Crippen molar-refractivity contribution in [2.24, 2.45) is 0 Å². The Bertz CT molecular complexity index is 898.